The SMILES string of the molecule is CC(C)(C)C(=O)Nc1cncc(-c2ccc3[nH]nc(-c4cc5c(-c6cccc(F)c6)nccc5[nH]4)c3c2)c1. The number of halogens is 1. The first-order valence-electron chi connectivity index (χ1n) is 12.3. The summed E-state index contributed by atoms with van der Waals surface area (Å²) in [5.74, 6) is -0.380. The molecule has 0 saturated heterocycles. The predicted molar refractivity (Wildman–Crippen MR) is 148 cm³/mol. The molecule has 38 heavy (non-hydrogen) atoms. The number of H-pyrrole nitrogens is 2. The van der Waals surface area contributed by atoms with Crippen LogP contribution in [-0.2, 0) is 4.79 Å². The molecular formula is C30H25FN6O. The van der Waals surface area contributed by atoms with Crippen LogP contribution < -0.4 is 5.32 Å². The average Bonchev–Trinajstić information content (AvgIpc) is 3.52. The molecule has 4 heterocycles. The number of nitrogens with zero attached hydrogens (tertiary/aromatic N) is 3. The highest BCUT2D eigenvalue weighted by molar-refractivity contribution is 6.01. The summed E-state index contributed by atoms with van der Waals surface area (Å²) in [6.07, 6.45) is 5.12. The van der Waals surface area contributed by atoms with Crippen molar-refractivity contribution >= 4 is 33.4 Å². The fourth-order valence-electron chi connectivity index (χ4n) is 4.43. The number of carbonyl (C=O) groups is 1. The maximum Gasteiger partial charge on any atom is 0.229 e. The van der Waals surface area contributed by atoms with Crippen LogP contribution in [0.2, 0.25) is 0 Å². The number of carbonyl (C=O) groups excluding carboxylic acids is 1. The summed E-state index contributed by atoms with van der Waals surface area (Å²) in [5, 5.41) is 12.5. The quantitative estimate of drug-likeness (QED) is 0.242. The van der Waals surface area contributed by atoms with Gasteiger partial charge in [-0.1, -0.05) is 39.0 Å². The fraction of sp³-hybridized carbons (Fsp3) is 0.133. The first kappa shape index (κ1) is 23.5. The van der Waals surface area contributed by atoms with Gasteiger partial charge in [0.15, 0.2) is 0 Å². The van der Waals surface area contributed by atoms with Crippen LogP contribution in [0.3, 0.4) is 0 Å². The summed E-state index contributed by atoms with van der Waals surface area (Å²) in [6.45, 7) is 5.61. The number of pyridine rings is 2. The Balaban J connectivity index is 1.40. The van der Waals surface area contributed by atoms with E-state index in [1.807, 2.05) is 57.2 Å². The Morgan fingerprint density at radius 2 is 1.71 bits per heavy atom. The van der Waals surface area contributed by atoms with E-state index >= 15 is 0 Å². The molecule has 2 aromatic carbocycles. The van der Waals surface area contributed by atoms with Gasteiger partial charge in [-0.3, -0.25) is 19.9 Å². The van der Waals surface area contributed by atoms with Crippen molar-refractivity contribution in [3.8, 4) is 33.8 Å². The highest BCUT2D eigenvalue weighted by atomic mass is 19.1. The number of benzene rings is 2. The number of nitrogens with one attached hydrogen (secondary N) is 3. The van der Waals surface area contributed by atoms with Gasteiger partial charge in [0, 0.05) is 45.2 Å². The Bertz CT molecular complexity index is 1830. The van der Waals surface area contributed by atoms with Crippen LogP contribution in [0.1, 0.15) is 20.8 Å². The van der Waals surface area contributed by atoms with Crippen LogP contribution in [0.5, 0.6) is 0 Å². The maximum atomic E-state index is 13.9. The lowest BCUT2D eigenvalue weighted by Crippen LogP contribution is -2.27. The van der Waals surface area contributed by atoms with Crippen molar-refractivity contribution in [2.45, 2.75) is 20.8 Å². The van der Waals surface area contributed by atoms with E-state index in [9.17, 15) is 9.18 Å². The van der Waals surface area contributed by atoms with Gasteiger partial charge >= 0.3 is 0 Å². The van der Waals surface area contributed by atoms with E-state index in [1.165, 1.54) is 12.1 Å². The molecule has 8 heteroatoms. The van der Waals surface area contributed by atoms with Gasteiger partial charge in [-0.2, -0.15) is 5.10 Å². The molecular weight excluding hydrogens is 479 g/mol. The molecule has 0 aliphatic heterocycles. The Morgan fingerprint density at radius 1 is 0.868 bits per heavy atom. The number of aromatic amines is 2. The van der Waals surface area contributed by atoms with E-state index in [1.54, 1.807) is 24.7 Å². The van der Waals surface area contributed by atoms with Gasteiger partial charge in [0.1, 0.15) is 11.5 Å². The molecule has 6 aromatic rings. The van der Waals surface area contributed by atoms with E-state index in [0.29, 0.717) is 16.9 Å². The lowest BCUT2D eigenvalue weighted by atomic mass is 9.95. The van der Waals surface area contributed by atoms with Gasteiger partial charge in [-0.25, -0.2) is 4.39 Å². The van der Waals surface area contributed by atoms with Crippen molar-refractivity contribution in [1.29, 1.82) is 0 Å². The normalized spacial score (nSPS) is 11.8. The lowest BCUT2D eigenvalue weighted by Gasteiger charge is -2.17. The van der Waals surface area contributed by atoms with Gasteiger partial charge in [0.25, 0.3) is 0 Å². The first-order valence-corrected chi connectivity index (χ1v) is 12.3. The van der Waals surface area contributed by atoms with Crippen LogP contribution in [-0.4, -0.2) is 31.1 Å². The Morgan fingerprint density at radius 3 is 2.53 bits per heavy atom. The topological polar surface area (TPSA) is 99.3 Å². The molecule has 0 radical (unpaired) electrons. The van der Waals surface area contributed by atoms with Crippen LogP contribution >= 0.6 is 0 Å². The minimum Gasteiger partial charge on any atom is -0.353 e. The Hall–Kier alpha value is -4.85. The smallest absolute Gasteiger partial charge is 0.229 e. The molecule has 188 valence electrons. The van der Waals surface area contributed by atoms with Crippen molar-refractivity contribution in [1.82, 2.24) is 25.1 Å². The number of aromatic nitrogens is 5. The second-order valence-electron chi connectivity index (χ2n) is 10.3. The molecule has 1 amide bonds. The molecule has 0 spiro atoms. The molecule has 0 saturated carbocycles. The highest BCUT2D eigenvalue weighted by Crippen LogP contribution is 2.35. The highest BCUT2D eigenvalue weighted by Gasteiger charge is 2.21. The predicted octanol–water partition coefficient (Wildman–Crippen LogP) is 6.96. The zero-order valence-corrected chi connectivity index (χ0v) is 21.1. The molecule has 6 rings (SSSR count). The number of amides is 1. The molecule has 0 fully saturated rings. The second-order valence-corrected chi connectivity index (χ2v) is 10.3. The third kappa shape index (κ3) is 4.30. The van der Waals surface area contributed by atoms with E-state index < -0.39 is 5.41 Å². The molecule has 4 aromatic heterocycles. The van der Waals surface area contributed by atoms with E-state index in [4.69, 9.17) is 0 Å². The van der Waals surface area contributed by atoms with Crippen LogP contribution in [0.4, 0.5) is 10.1 Å². The summed E-state index contributed by atoms with van der Waals surface area (Å²) < 4.78 is 13.9. The number of anilines is 1. The van der Waals surface area contributed by atoms with Crippen LogP contribution in [0.25, 0.3) is 55.6 Å². The van der Waals surface area contributed by atoms with Gasteiger partial charge in [0.05, 0.1) is 28.8 Å². The summed E-state index contributed by atoms with van der Waals surface area (Å²) >= 11 is 0. The maximum absolute atomic E-state index is 13.9. The van der Waals surface area contributed by atoms with Crippen molar-refractivity contribution in [3.05, 3.63) is 85.1 Å². The number of fused-ring (bicyclic) bond motifs is 2. The second kappa shape index (κ2) is 8.92. The number of rotatable bonds is 4. The van der Waals surface area contributed by atoms with Crippen molar-refractivity contribution in [3.63, 3.8) is 0 Å². The minimum atomic E-state index is -0.510. The lowest BCUT2D eigenvalue weighted by molar-refractivity contribution is -0.123. The summed E-state index contributed by atoms with van der Waals surface area (Å²) in [6, 6.07) is 18.3. The van der Waals surface area contributed by atoms with Crippen molar-refractivity contribution < 1.29 is 9.18 Å². The van der Waals surface area contributed by atoms with Crippen molar-refractivity contribution in [2.75, 3.05) is 5.32 Å². The molecule has 0 atom stereocenters. The Labute approximate surface area is 218 Å². The van der Waals surface area contributed by atoms with Crippen LogP contribution in [0.15, 0.2) is 79.3 Å². The van der Waals surface area contributed by atoms with Gasteiger partial charge < -0.3 is 10.3 Å². The number of hydrogen-bond acceptors (Lipinski definition) is 4. The zero-order chi connectivity index (χ0) is 26.4. The minimum absolute atomic E-state index is 0.0741. The summed E-state index contributed by atoms with van der Waals surface area (Å²) in [7, 11) is 0. The van der Waals surface area contributed by atoms with Crippen LogP contribution in [0, 0.1) is 11.2 Å². The monoisotopic (exact) mass is 504 g/mol. The molecule has 0 aliphatic carbocycles. The molecule has 0 unspecified atom stereocenters. The van der Waals surface area contributed by atoms with Gasteiger partial charge in [0.2, 0.25) is 5.91 Å². The van der Waals surface area contributed by atoms with Gasteiger partial charge in [-0.15, -0.1) is 0 Å². The standard InChI is InChI=1S/C30H25FN6O/c1-30(2,3)29(38)34-21-12-19(15-32-16-21)17-7-8-25-22(13-17)28(37-36-25)26-14-23-24(35-26)9-10-33-27(23)18-5-4-6-20(31)11-18/h4-16,35H,1-3H3,(H,34,38)(H,36,37). The summed E-state index contributed by atoms with van der Waals surface area (Å²) in [5.41, 5.74) is 6.70. The number of hydrogen-bond donors (Lipinski definition) is 3. The average molecular weight is 505 g/mol. The third-order valence-electron chi connectivity index (χ3n) is 6.47. The van der Waals surface area contributed by atoms with E-state index in [2.05, 4.69) is 36.5 Å². The zero-order valence-electron chi connectivity index (χ0n) is 21.1. The Kier molecular flexibility index (Phi) is 5.52. The molecule has 0 bridgehead atoms. The van der Waals surface area contributed by atoms with Crippen molar-refractivity contribution in [2.24, 2.45) is 5.41 Å². The fourth-order valence-corrected chi connectivity index (χ4v) is 4.43. The van der Waals surface area contributed by atoms with E-state index in [0.717, 1.165) is 44.3 Å². The largest absolute Gasteiger partial charge is 0.353 e. The van der Waals surface area contributed by atoms with E-state index in [-0.39, 0.29) is 11.7 Å². The molecule has 3 N–H and O–H groups in total. The molecule has 7 nitrogen and oxygen atoms in total. The third-order valence-corrected chi connectivity index (χ3v) is 6.47. The molecule has 0 aliphatic rings. The summed E-state index contributed by atoms with van der Waals surface area (Å²) in [4.78, 5) is 24.8. The first-order chi connectivity index (χ1) is 18.3. The van der Waals surface area contributed by atoms with Gasteiger partial charge in [-0.05, 0) is 48.0 Å².